The van der Waals surface area contributed by atoms with Crippen LogP contribution in [0, 0.1) is 27.9 Å². The molecule has 2 aromatic rings. The molecule has 2 heterocycles. The van der Waals surface area contributed by atoms with Crippen molar-refractivity contribution >= 4 is 11.6 Å². The van der Waals surface area contributed by atoms with E-state index in [-0.39, 0.29) is 23.5 Å². The first-order valence-corrected chi connectivity index (χ1v) is 10.3. The fourth-order valence-corrected chi connectivity index (χ4v) is 6.28. The van der Waals surface area contributed by atoms with E-state index in [4.69, 9.17) is 0 Å². The molecule has 4 bridgehead atoms. The highest BCUT2D eigenvalue weighted by atomic mass is 16.6. The first-order valence-electron chi connectivity index (χ1n) is 10.3. The van der Waals surface area contributed by atoms with Gasteiger partial charge < -0.3 is 4.90 Å². The Morgan fingerprint density at radius 1 is 1.24 bits per heavy atom. The molecule has 1 amide bonds. The van der Waals surface area contributed by atoms with Crippen molar-refractivity contribution in [3.63, 3.8) is 0 Å². The van der Waals surface area contributed by atoms with Gasteiger partial charge in [0.2, 0.25) is 5.69 Å². The molecule has 0 N–H and O–H groups in total. The van der Waals surface area contributed by atoms with Gasteiger partial charge in [0.25, 0.3) is 5.91 Å². The van der Waals surface area contributed by atoms with Crippen molar-refractivity contribution in [1.29, 1.82) is 0 Å². The second-order valence-electron chi connectivity index (χ2n) is 9.35. The fraction of sp³-hybridized carbons (Fsp3) is 0.650. The van der Waals surface area contributed by atoms with Crippen LogP contribution in [0.2, 0.25) is 0 Å². The summed E-state index contributed by atoms with van der Waals surface area (Å²) in [6.45, 7) is 0.279. The van der Waals surface area contributed by atoms with E-state index in [1.165, 1.54) is 30.4 Å². The first-order chi connectivity index (χ1) is 13.8. The van der Waals surface area contributed by atoms with E-state index in [1.807, 2.05) is 13.1 Å². The minimum Gasteiger partial charge on any atom is -0.334 e. The molecule has 2 aromatic heterocycles. The molecule has 154 valence electrons. The molecule has 4 aliphatic carbocycles. The lowest BCUT2D eigenvalue weighted by Gasteiger charge is -2.56. The van der Waals surface area contributed by atoms with Crippen LogP contribution in [-0.2, 0) is 19.1 Å². The Labute approximate surface area is 168 Å². The predicted molar refractivity (Wildman–Crippen MR) is 104 cm³/mol. The third-order valence-corrected chi connectivity index (χ3v) is 7.10. The molecular weight excluding hydrogens is 372 g/mol. The summed E-state index contributed by atoms with van der Waals surface area (Å²) >= 11 is 0. The summed E-state index contributed by atoms with van der Waals surface area (Å²) in [5, 5.41) is 20.5. The molecule has 6 rings (SSSR count). The standard InChI is InChI=1S/C20H26N6O3/c1-23(11-16-3-4-24(2)21-16)19(27)18-17(26(28)29)12-25(22-18)20-8-13-5-14(9-20)7-15(6-13)10-20/h3-4,12-15H,5-11H2,1-2H3. The Balaban J connectivity index is 1.45. The summed E-state index contributed by atoms with van der Waals surface area (Å²) in [6.07, 6.45) is 10.2. The van der Waals surface area contributed by atoms with Crippen LogP contribution in [0.5, 0.6) is 0 Å². The lowest BCUT2D eigenvalue weighted by molar-refractivity contribution is -0.385. The molecule has 4 fully saturated rings. The van der Waals surface area contributed by atoms with Gasteiger partial charge in [-0.1, -0.05) is 0 Å². The Morgan fingerprint density at radius 2 is 1.86 bits per heavy atom. The molecule has 0 aliphatic heterocycles. The van der Waals surface area contributed by atoms with Crippen LogP contribution in [0.3, 0.4) is 0 Å². The molecule has 0 radical (unpaired) electrons. The van der Waals surface area contributed by atoms with Gasteiger partial charge >= 0.3 is 5.69 Å². The van der Waals surface area contributed by atoms with E-state index >= 15 is 0 Å². The van der Waals surface area contributed by atoms with Crippen LogP contribution < -0.4 is 0 Å². The predicted octanol–water partition coefficient (Wildman–Crippen LogP) is 2.72. The zero-order valence-corrected chi connectivity index (χ0v) is 16.8. The number of rotatable bonds is 5. The molecule has 0 unspecified atom stereocenters. The average molecular weight is 398 g/mol. The number of hydrogen-bond acceptors (Lipinski definition) is 5. The van der Waals surface area contributed by atoms with Gasteiger partial charge in [0.1, 0.15) is 6.20 Å². The van der Waals surface area contributed by atoms with Gasteiger partial charge in [-0.2, -0.15) is 10.2 Å². The van der Waals surface area contributed by atoms with Gasteiger partial charge in [-0.3, -0.25) is 24.3 Å². The van der Waals surface area contributed by atoms with Crippen molar-refractivity contribution in [2.24, 2.45) is 24.8 Å². The van der Waals surface area contributed by atoms with E-state index in [9.17, 15) is 14.9 Å². The van der Waals surface area contributed by atoms with E-state index < -0.39 is 10.8 Å². The largest absolute Gasteiger partial charge is 0.334 e. The Kier molecular flexibility index (Phi) is 4.04. The average Bonchev–Trinajstić information content (AvgIpc) is 3.27. The van der Waals surface area contributed by atoms with E-state index in [0.717, 1.165) is 25.0 Å². The van der Waals surface area contributed by atoms with Crippen LogP contribution in [-0.4, -0.2) is 42.3 Å². The van der Waals surface area contributed by atoms with Crippen LogP contribution >= 0.6 is 0 Å². The van der Waals surface area contributed by atoms with Gasteiger partial charge in [-0.15, -0.1) is 0 Å². The first kappa shape index (κ1) is 18.3. The maximum absolute atomic E-state index is 13.0. The molecule has 9 nitrogen and oxygen atoms in total. The van der Waals surface area contributed by atoms with E-state index in [1.54, 1.807) is 22.6 Å². The Bertz CT molecular complexity index is 941. The molecule has 4 saturated carbocycles. The smallest absolute Gasteiger partial charge is 0.320 e. The molecule has 0 spiro atoms. The number of carbonyl (C=O) groups excluding carboxylic acids is 1. The van der Waals surface area contributed by atoms with Gasteiger partial charge in [-0.05, 0) is 62.3 Å². The van der Waals surface area contributed by atoms with Crippen LogP contribution in [0.4, 0.5) is 5.69 Å². The van der Waals surface area contributed by atoms with Crippen molar-refractivity contribution in [1.82, 2.24) is 24.5 Å². The van der Waals surface area contributed by atoms with Gasteiger partial charge in [-0.25, -0.2) is 0 Å². The van der Waals surface area contributed by atoms with Crippen LogP contribution in [0.1, 0.15) is 54.7 Å². The molecule has 0 atom stereocenters. The molecule has 0 saturated heterocycles. The van der Waals surface area contributed by atoms with Gasteiger partial charge in [0, 0.05) is 20.3 Å². The van der Waals surface area contributed by atoms with E-state index in [0.29, 0.717) is 17.8 Å². The Morgan fingerprint density at radius 3 is 2.38 bits per heavy atom. The maximum Gasteiger partial charge on any atom is 0.320 e. The molecular formula is C20H26N6O3. The maximum atomic E-state index is 13.0. The van der Waals surface area contributed by atoms with Gasteiger partial charge in [0.15, 0.2) is 0 Å². The Hall–Kier alpha value is -2.71. The number of hydrogen-bond donors (Lipinski definition) is 0. The molecule has 4 aliphatic rings. The third kappa shape index (κ3) is 3.03. The van der Waals surface area contributed by atoms with Crippen molar-refractivity contribution in [2.75, 3.05) is 7.05 Å². The zero-order valence-electron chi connectivity index (χ0n) is 16.8. The van der Waals surface area contributed by atoms with E-state index in [2.05, 4.69) is 10.2 Å². The number of amides is 1. The number of aryl methyl sites for hydroxylation is 1. The molecule has 29 heavy (non-hydrogen) atoms. The normalized spacial score (nSPS) is 29.9. The summed E-state index contributed by atoms with van der Waals surface area (Å²) in [5.74, 6) is 1.63. The summed E-state index contributed by atoms with van der Waals surface area (Å²) in [6, 6.07) is 1.83. The molecule has 0 aromatic carbocycles. The van der Waals surface area contributed by atoms with Gasteiger partial charge in [0.05, 0.1) is 22.7 Å². The number of nitro groups is 1. The highest BCUT2D eigenvalue weighted by Gasteiger charge is 2.53. The number of nitrogens with zero attached hydrogens (tertiary/aromatic N) is 6. The van der Waals surface area contributed by atoms with Crippen molar-refractivity contribution in [3.05, 3.63) is 40.0 Å². The second kappa shape index (κ2) is 6.40. The fourth-order valence-electron chi connectivity index (χ4n) is 6.28. The lowest BCUT2D eigenvalue weighted by Crippen LogP contribution is -2.52. The SMILES string of the molecule is CN(Cc1ccn(C)n1)C(=O)c1nn(C23CC4CC(CC(C4)C2)C3)cc1[N+](=O)[O-]. The summed E-state index contributed by atoms with van der Waals surface area (Å²) in [4.78, 5) is 25.7. The van der Waals surface area contributed by atoms with Crippen molar-refractivity contribution < 1.29 is 9.72 Å². The molecule has 9 heteroatoms. The minimum atomic E-state index is -0.480. The summed E-state index contributed by atoms with van der Waals surface area (Å²) in [5.41, 5.74) is 0.312. The summed E-state index contributed by atoms with van der Waals surface area (Å²) < 4.78 is 3.45. The lowest BCUT2D eigenvalue weighted by atomic mass is 9.53. The van der Waals surface area contributed by atoms with Crippen molar-refractivity contribution in [3.8, 4) is 0 Å². The third-order valence-electron chi connectivity index (χ3n) is 7.10. The number of aromatic nitrogens is 4. The number of carbonyl (C=O) groups is 1. The quantitative estimate of drug-likeness (QED) is 0.570. The van der Waals surface area contributed by atoms with Crippen LogP contribution in [0.15, 0.2) is 18.5 Å². The minimum absolute atomic E-state index is 0.0656. The summed E-state index contributed by atoms with van der Waals surface area (Å²) in [7, 11) is 3.44. The highest BCUT2D eigenvalue weighted by Crippen LogP contribution is 2.58. The zero-order chi connectivity index (χ0) is 20.3. The highest BCUT2D eigenvalue weighted by molar-refractivity contribution is 5.95. The van der Waals surface area contributed by atoms with Crippen LogP contribution in [0.25, 0.3) is 0 Å². The van der Waals surface area contributed by atoms with Crippen molar-refractivity contribution in [2.45, 2.75) is 50.6 Å². The topological polar surface area (TPSA) is 99.1 Å². The monoisotopic (exact) mass is 398 g/mol. The second-order valence-corrected chi connectivity index (χ2v) is 9.35.